The Balaban J connectivity index is 2.42. The van der Waals surface area contributed by atoms with Crippen molar-refractivity contribution in [2.75, 3.05) is 5.84 Å². The molecule has 0 atom stereocenters. The van der Waals surface area contributed by atoms with Crippen LogP contribution in [-0.4, -0.2) is 13.1 Å². The summed E-state index contributed by atoms with van der Waals surface area (Å²) in [6.45, 7) is 8.18. The zero-order valence-electron chi connectivity index (χ0n) is 14.0. The Kier molecular flexibility index (Phi) is 4.99. The molecule has 1 aromatic heterocycles. The van der Waals surface area contributed by atoms with Crippen molar-refractivity contribution in [3.05, 3.63) is 41.2 Å². The van der Waals surface area contributed by atoms with E-state index in [9.17, 15) is 8.42 Å². The summed E-state index contributed by atoms with van der Waals surface area (Å²) in [4.78, 5) is 0.200. The number of rotatable bonds is 6. The van der Waals surface area contributed by atoms with Crippen LogP contribution >= 0.6 is 0 Å². The fraction of sp³-hybridized carbons (Fsp3) is 0.438. The predicted molar refractivity (Wildman–Crippen MR) is 88.2 cm³/mol. The number of nitrogen functional groups attached to an aromatic ring is 1. The molecule has 6 nitrogen and oxygen atoms in total. The molecule has 0 amide bonds. The van der Waals surface area contributed by atoms with Crippen LogP contribution in [0.5, 0.6) is 6.01 Å². The molecule has 0 radical (unpaired) electrons. The standard InChI is InChI=1S/C16H24N3O3S/c1-5-6-7-18-8-9-19(17)16(18)22-23(20,21)15-13(3)10-12(2)11-14(15)4/h8-11H,5-7,17H2,1-4H3/q+1. The second kappa shape index (κ2) is 6.62. The monoisotopic (exact) mass is 338 g/mol. The summed E-state index contributed by atoms with van der Waals surface area (Å²) in [7, 11) is -3.95. The number of aryl methyl sites for hydroxylation is 4. The number of hydrogen-bond donors (Lipinski definition) is 1. The van der Waals surface area contributed by atoms with Crippen molar-refractivity contribution in [1.82, 2.24) is 4.68 Å². The molecule has 0 unspecified atom stereocenters. The predicted octanol–water partition coefficient (Wildman–Crippen LogP) is 1.98. The van der Waals surface area contributed by atoms with Gasteiger partial charge < -0.3 is 4.18 Å². The second-order valence-electron chi connectivity index (χ2n) is 5.80. The third-order valence-electron chi connectivity index (χ3n) is 3.67. The highest BCUT2D eigenvalue weighted by atomic mass is 32.2. The van der Waals surface area contributed by atoms with Gasteiger partial charge >= 0.3 is 16.1 Å². The van der Waals surface area contributed by atoms with E-state index in [0.717, 1.165) is 18.4 Å². The molecule has 23 heavy (non-hydrogen) atoms. The van der Waals surface area contributed by atoms with Gasteiger partial charge in [-0.05, 0) is 38.3 Å². The van der Waals surface area contributed by atoms with Crippen LogP contribution in [0.4, 0.5) is 0 Å². The number of imidazole rings is 1. The maximum atomic E-state index is 12.7. The molecule has 1 aromatic carbocycles. The molecule has 0 aliphatic carbocycles. The van der Waals surface area contributed by atoms with Gasteiger partial charge in [0, 0.05) is 0 Å². The number of aromatic nitrogens is 2. The number of unbranched alkanes of at least 4 members (excludes halogenated alkanes) is 1. The van der Waals surface area contributed by atoms with E-state index in [0.29, 0.717) is 17.7 Å². The minimum absolute atomic E-state index is 0.109. The summed E-state index contributed by atoms with van der Waals surface area (Å²) >= 11 is 0. The van der Waals surface area contributed by atoms with E-state index in [1.807, 2.05) is 19.1 Å². The second-order valence-corrected chi connectivity index (χ2v) is 7.28. The minimum Gasteiger partial charge on any atom is -0.303 e. The van der Waals surface area contributed by atoms with Gasteiger partial charge in [-0.3, -0.25) is 5.84 Å². The Labute approximate surface area is 137 Å². The molecule has 0 bridgehead atoms. The molecule has 7 heteroatoms. The molecule has 0 aliphatic heterocycles. The van der Waals surface area contributed by atoms with Crippen LogP contribution in [0, 0.1) is 20.8 Å². The first-order chi connectivity index (χ1) is 10.8. The summed E-state index contributed by atoms with van der Waals surface area (Å²) in [5.74, 6) is 5.80. The number of hydrogen-bond acceptors (Lipinski definition) is 4. The van der Waals surface area contributed by atoms with Crippen molar-refractivity contribution in [2.45, 2.75) is 52.0 Å². The van der Waals surface area contributed by atoms with Gasteiger partial charge in [0.1, 0.15) is 11.1 Å². The number of nitrogens with two attached hydrogens (primary N) is 1. The zero-order chi connectivity index (χ0) is 17.2. The number of nitrogens with zero attached hydrogens (tertiary/aromatic N) is 2. The van der Waals surface area contributed by atoms with E-state index in [4.69, 9.17) is 10.0 Å². The van der Waals surface area contributed by atoms with Gasteiger partial charge in [-0.1, -0.05) is 35.7 Å². The van der Waals surface area contributed by atoms with E-state index in [1.165, 1.54) is 4.68 Å². The molecule has 2 N–H and O–H groups in total. The number of benzene rings is 1. The molecule has 0 fully saturated rings. The van der Waals surface area contributed by atoms with Crippen molar-refractivity contribution in [3.63, 3.8) is 0 Å². The van der Waals surface area contributed by atoms with Gasteiger partial charge in [-0.25, -0.2) is 0 Å². The van der Waals surface area contributed by atoms with Crippen LogP contribution in [0.1, 0.15) is 36.5 Å². The lowest BCUT2D eigenvalue weighted by Gasteiger charge is -2.11. The molecule has 2 rings (SSSR count). The van der Waals surface area contributed by atoms with Gasteiger partial charge in [0.05, 0.1) is 6.54 Å². The van der Waals surface area contributed by atoms with Crippen LogP contribution < -0.4 is 14.6 Å². The SMILES string of the molecule is CCCC[n+]1ccn(N)c1OS(=O)(=O)c1c(C)cc(C)cc1C. The van der Waals surface area contributed by atoms with Crippen molar-refractivity contribution >= 4 is 10.1 Å². The summed E-state index contributed by atoms with van der Waals surface area (Å²) in [5, 5.41) is 0. The van der Waals surface area contributed by atoms with Crippen LogP contribution in [0.2, 0.25) is 0 Å². The normalized spacial score (nSPS) is 11.7. The molecular formula is C16H24N3O3S+. The lowest BCUT2D eigenvalue weighted by molar-refractivity contribution is -0.699. The molecule has 0 spiro atoms. The van der Waals surface area contributed by atoms with E-state index in [1.54, 1.807) is 30.8 Å². The first-order valence-electron chi connectivity index (χ1n) is 7.64. The van der Waals surface area contributed by atoms with Crippen LogP contribution in [0.15, 0.2) is 29.4 Å². The van der Waals surface area contributed by atoms with Crippen molar-refractivity contribution < 1.29 is 17.2 Å². The first kappa shape index (κ1) is 17.3. The highest BCUT2D eigenvalue weighted by molar-refractivity contribution is 7.87. The minimum atomic E-state index is -3.95. The first-order valence-corrected chi connectivity index (χ1v) is 9.05. The molecule has 126 valence electrons. The topological polar surface area (TPSA) is 78.2 Å². The van der Waals surface area contributed by atoms with E-state index < -0.39 is 10.1 Å². The quantitative estimate of drug-likeness (QED) is 0.496. The van der Waals surface area contributed by atoms with Crippen LogP contribution in [-0.2, 0) is 16.7 Å². The molecule has 2 aromatic rings. The van der Waals surface area contributed by atoms with Crippen molar-refractivity contribution in [1.29, 1.82) is 0 Å². The third kappa shape index (κ3) is 3.67. The Bertz CT molecular complexity index is 787. The Morgan fingerprint density at radius 1 is 1.22 bits per heavy atom. The molecule has 1 heterocycles. The van der Waals surface area contributed by atoms with Crippen molar-refractivity contribution in [2.24, 2.45) is 0 Å². The highest BCUT2D eigenvalue weighted by Gasteiger charge is 2.29. The van der Waals surface area contributed by atoms with Gasteiger partial charge in [0.15, 0.2) is 6.20 Å². The third-order valence-corrected chi connectivity index (χ3v) is 5.18. The van der Waals surface area contributed by atoms with Crippen LogP contribution in [0.3, 0.4) is 0 Å². The maximum absolute atomic E-state index is 12.7. The van der Waals surface area contributed by atoms with Gasteiger partial charge in [-0.2, -0.15) is 13.0 Å². The summed E-state index contributed by atoms with van der Waals surface area (Å²) in [6.07, 6.45) is 5.20. The highest BCUT2D eigenvalue weighted by Crippen LogP contribution is 2.24. The van der Waals surface area contributed by atoms with E-state index in [2.05, 4.69) is 6.92 Å². The Morgan fingerprint density at radius 3 is 2.39 bits per heavy atom. The van der Waals surface area contributed by atoms with E-state index in [-0.39, 0.29) is 10.9 Å². The summed E-state index contributed by atoms with van der Waals surface area (Å²) in [5.41, 5.74) is 2.34. The largest absolute Gasteiger partial charge is 0.496 e. The molecule has 0 saturated heterocycles. The smallest absolute Gasteiger partial charge is 0.303 e. The molecule has 0 aliphatic rings. The summed E-state index contributed by atoms with van der Waals surface area (Å²) in [6, 6.07) is 3.77. The fourth-order valence-electron chi connectivity index (χ4n) is 2.72. The van der Waals surface area contributed by atoms with Gasteiger partial charge in [-0.15, -0.1) is 0 Å². The maximum Gasteiger partial charge on any atom is 0.496 e. The zero-order valence-corrected chi connectivity index (χ0v) is 14.9. The van der Waals surface area contributed by atoms with Gasteiger partial charge in [0.25, 0.3) is 0 Å². The Morgan fingerprint density at radius 2 is 1.83 bits per heavy atom. The summed E-state index contributed by atoms with van der Waals surface area (Å²) < 4.78 is 33.7. The lowest BCUT2D eigenvalue weighted by Crippen LogP contribution is -2.36. The van der Waals surface area contributed by atoms with Crippen LogP contribution in [0.25, 0.3) is 0 Å². The van der Waals surface area contributed by atoms with Crippen molar-refractivity contribution in [3.8, 4) is 6.01 Å². The Hall–Kier alpha value is -2.02. The molecule has 0 saturated carbocycles. The average Bonchev–Trinajstić information content (AvgIpc) is 2.75. The average molecular weight is 338 g/mol. The van der Waals surface area contributed by atoms with Gasteiger partial charge in [0.2, 0.25) is 0 Å². The lowest BCUT2D eigenvalue weighted by atomic mass is 10.1. The fourth-order valence-corrected chi connectivity index (χ4v) is 4.09. The molecular weight excluding hydrogens is 314 g/mol. The van der Waals surface area contributed by atoms with E-state index >= 15 is 0 Å².